The molecule has 3 rings (SSSR count). The highest BCUT2D eigenvalue weighted by atomic mass is 16.5. The number of ether oxygens (including phenoxy) is 1. The van der Waals surface area contributed by atoms with Crippen molar-refractivity contribution >= 4 is 11.7 Å². The topological polar surface area (TPSA) is 90.3 Å². The first-order valence-corrected chi connectivity index (χ1v) is 12.2. The summed E-state index contributed by atoms with van der Waals surface area (Å²) in [6, 6.07) is 9.80. The van der Waals surface area contributed by atoms with Crippen molar-refractivity contribution in [2.75, 3.05) is 7.11 Å². The standard InChI is InChI=1S/C29H35N3O4/c1-18(2)12-25(32-11-10-19(3)13-27(32)34)29(35)31-24(14-21(5)33)22-15-23(17-30-16-22)28-20(4)8-7-9-26(28)36-6/h7-11,13,15-18,24-25H,12,14H2,1-6H3,(H,31,35)/t24-,25+/m0/s1. The second kappa shape index (κ2) is 11.8. The summed E-state index contributed by atoms with van der Waals surface area (Å²) in [6.07, 6.45) is 5.67. The number of carbonyl (C=O) groups excluding carboxylic acids is 2. The molecule has 0 aliphatic rings. The van der Waals surface area contributed by atoms with Crippen LogP contribution in [0, 0.1) is 19.8 Å². The molecule has 1 amide bonds. The fourth-order valence-corrected chi connectivity index (χ4v) is 4.41. The number of Topliss-reactive ketones (excluding diaryl/α,β-unsaturated/α-hetero) is 1. The second-order valence-corrected chi connectivity index (χ2v) is 9.72. The molecule has 7 nitrogen and oxygen atoms in total. The minimum Gasteiger partial charge on any atom is -0.496 e. The molecular formula is C29H35N3O4. The molecule has 0 saturated carbocycles. The van der Waals surface area contributed by atoms with Crippen LogP contribution in [0.3, 0.4) is 0 Å². The number of pyridine rings is 2. The Morgan fingerprint density at radius 2 is 1.86 bits per heavy atom. The molecule has 0 spiro atoms. The van der Waals surface area contributed by atoms with Crippen molar-refractivity contribution in [3.63, 3.8) is 0 Å². The number of carbonyl (C=O) groups is 2. The van der Waals surface area contributed by atoms with Crippen LogP contribution in [-0.4, -0.2) is 28.4 Å². The minimum atomic E-state index is -0.694. The Morgan fingerprint density at radius 1 is 1.11 bits per heavy atom. The van der Waals surface area contributed by atoms with Gasteiger partial charge < -0.3 is 14.6 Å². The maximum absolute atomic E-state index is 13.6. The van der Waals surface area contributed by atoms with Gasteiger partial charge in [-0.05, 0) is 68.0 Å². The van der Waals surface area contributed by atoms with Crippen molar-refractivity contribution in [2.45, 2.75) is 59.5 Å². The largest absolute Gasteiger partial charge is 0.496 e. The Morgan fingerprint density at radius 3 is 2.50 bits per heavy atom. The molecule has 0 bridgehead atoms. The Labute approximate surface area is 212 Å². The minimum absolute atomic E-state index is 0.0629. The zero-order valence-electron chi connectivity index (χ0n) is 21.9. The van der Waals surface area contributed by atoms with Gasteiger partial charge in [0.2, 0.25) is 5.91 Å². The molecule has 2 aromatic heterocycles. The van der Waals surface area contributed by atoms with Gasteiger partial charge in [-0.2, -0.15) is 0 Å². The summed E-state index contributed by atoms with van der Waals surface area (Å²) in [5.41, 5.74) is 4.08. The van der Waals surface area contributed by atoms with Gasteiger partial charge in [-0.15, -0.1) is 0 Å². The maximum atomic E-state index is 13.6. The van der Waals surface area contributed by atoms with E-state index in [1.165, 1.54) is 17.6 Å². The van der Waals surface area contributed by atoms with Gasteiger partial charge in [0.1, 0.15) is 17.6 Å². The highest BCUT2D eigenvalue weighted by molar-refractivity contribution is 5.83. The predicted molar refractivity (Wildman–Crippen MR) is 141 cm³/mol. The molecule has 7 heteroatoms. The molecular weight excluding hydrogens is 454 g/mol. The third-order valence-electron chi connectivity index (χ3n) is 6.15. The first-order valence-electron chi connectivity index (χ1n) is 12.2. The van der Waals surface area contributed by atoms with E-state index < -0.39 is 12.1 Å². The summed E-state index contributed by atoms with van der Waals surface area (Å²) >= 11 is 0. The molecule has 3 aromatic rings. The van der Waals surface area contributed by atoms with Crippen molar-refractivity contribution in [3.05, 3.63) is 82.0 Å². The molecule has 2 heterocycles. The summed E-state index contributed by atoms with van der Waals surface area (Å²) < 4.78 is 7.04. The molecule has 0 saturated heterocycles. The van der Waals surface area contributed by atoms with Crippen LogP contribution in [0.25, 0.3) is 11.1 Å². The van der Waals surface area contributed by atoms with Crippen LogP contribution >= 0.6 is 0 Å². The molecule has 190 valence electrons. The maximum Gasteiger partial charge on any atom is 0.251 e. The van der Waals surface area contributed by atoms with E-state index in [0.717, 1.165) is 28.0 Å². The van der Waals surface area contributed by atoms with Gasteiger partial charge in [0, 0.05) is 42.2 Å². The smallest absolute Gasteiger partial charge is 0.251 e. The number of aromatic nitrogens is 2. The number of ketones is 1. The van der Waals surface area contributed by atoms with E-state index in [4.69, 9.17) is 4.74 Å². The van der Waals surface area contributed by atoms with E-state index in [2.05, 4.69) is 10.3 Å². The Balaban J connectivity index is 2.00. The molecule has 0 unspecified atom stereocenters. The normalized spacial score (nSPS) is 12.8. The van der Waals surface area contributed by atoms with Crippen LogP contribution in [0.1, 0.15) is 62.4 Å². The van der Waals surface area contributed by atoms with Gasteiger partial charge in [0.05, 0.1) is 13.2 Å². The van der Waals surface area contributed by atoms with Crippen molar-refractivity contribution in [2.24, 2.45) is 5.92 Å². The average Bonchev–Trinajstić information content (AvgIpc) is 2.82. The number of hydrogen-bond donors (Lipinski definition) is 1. The molecule has 36 heavy (non-hydrogen) atoms. The number of benzene rings is 1. The monoisotopic (exact) mass is 489 g/mol. The Kier molecular flexibility index (Phi) is 8.80. The Bertz CT molecular complexity index is 1300. The second-order valence-electron chi connectivity index (χ2n) is 9.72. The number of aryl methyl sites for hydroxylation is 2. The highest BCUT2D eigenvalue weighted by Crippen LogP contribution is 2.34. The van der Waals surface area contributed by atoms with Gasteiger partial charge in [0.25, 0.3) is 5.56 Å². The zero-order valence-corrected chi connectivity index (χ0v) is 21.9. The summed E-state index contributed by atoms with van der Waals surface area (Å²) in [6.45, 7) is 9.35. The lowest BCUT2D eigenvalue weighted by molar-refractivity contribution is -0.126. The Hall–Kier alpha value is -3.74. The lowest BCUT2D eigenvalue weighted by atomic mass is 9.96. The summed E-state index contributed by atoms with van der Waals surface area (Å²) in [4.78, 5) is 42.9. The quantitative estimate of drug-likeness (QED) is 0.435. The number of nitrogens with one attached hydrogen (secondary N) is 1. The number of rotatable bonds is 10. The van der Waals surface area contributed by atoms with Gasteiger partial charge >= 0.3 is 0 Å². The molecule has 1 N–H and O–H groups in total. The third-order valence-corrected chi connectivity index (χ3v) is 6.15. The van der Waals surface area contributed by atoms with Gasteiger partial charge in [-0.3, -0.25) is 19.4 Å². The molecule has 0 radical (unpaired) electrons. The van der Waals surface area contributed by atoms with Crippen molar-refractivity contribution in [1.82, 2.24) is 14.9 Å². The SMILES string of the molecule is COc1cccc(C)c1-c1cncc([C@H](CC(C)=O)NC(=O)[C@@H](CC(C)C)n2ccc(C)cc2=O)c1. The lowest BCUT2D eigenvalue weighted by Gasteiger charge is -2.25. The average molecular weight is 490 g/mol. The van der Waals surface area contributed by atoms with Crippen LogP contribution in [0.4, 0.5) is 0 Å². The van der Waals surface area contributed by atoms with Crippen LogP contribution < -0.4 is 15.6 Å². The number of nitrogens with zero attached hydrogens (tertiary/aromatic N) is 2. The van der Waals surface area contributed by atoms with Crippen molar-refractivity contribution in [1.29, 1.82) is 0 Å². The van der Waals surface area contributed by atoms with E-state index in [1.54, 1.807) is 25.7 Å². The molecule has 1 aromatic carbocycles. The molecule has 2 atom stereocenters. The fraction of sp³-hybridized carbons (Fsp3) is 0.379. The first-order chi connectivity index (χ1) is 17.1. The molecule has 0 aliphatic heterocycles. The van der Waals surface area contributed by atoms with E-state index in [1.807, 2.05) is 58.0 Å². The van der Waals surface area contributed by atoms with Gasteiger partial charge in [0.15, 0.2) is 0 Å². The van der Waals surface area contributed by atoms with Crippen molar-refractivity contribution < 1.29 is 14.3 Å². The number of methoxy groups -OCH3 is 1. The zero-order chi connectivity index (χ0) is 26.4. The summed E-state index contributed by atoms with van der Waals surface area (Å²) in [5.74, 6) is 0.530. The predicted octanol–water partition coefficient (Wildman–Crippen LogP) is 4.96. The number of hydrogen-bond acceptors (Lipinski definition) is 5. The summed E-state index contributed by atoms with van der Waals surface area (Å²) in [5, 5.41) is 3.04. The lowest BCUT2D eigenvalue weighted by Crippen LogP contribution is -2.40. The number of amides is 1. The van der Waals surface area contributed by atoms with Crippen LogP contribution in [0.15, 0.2) is 59.8 Å². The highest BCUT2D eigenvalue weighted by Gasteiger charge is 2.26. The van der Waals surface area contributed by atoms with Crippen LogP contribution in [0.5, 0.6) is 5.75 Å². The molecule has 0 fully saturated rings. The van der Waals surface area contributed by atoms with Crippen LogP contribution in [-0.2, 0) is 9.59 Å². The van der Waals surface area contributed by atoms with E-state index in [-0.39, 0.29) is 29.6 Å². The first kappa shape index (κ1) is 26.9. The van der Waals surface area contributed by atoms with E-state index in [9.17, 15) is 14.4 Å². The van der Waals surface area contributed by atoms with Crippen molar-refractivity contribution in [3.8, 4) is 16.9 Å². The molecule has 0 aliphatic carbocycles. The van der Waals surface area contributed by atoms with E-state index in [0.29, 0.717) is 12.0 Å². The van der Waals surface area contributed by atoms with Gasteiger partial charge in [-0.1, -0.05) is 26.0 Å². The van der Waals surface area contributed by atoms with E-state index >= 15 is 0 Å². The van der Waals surface area contributed by atoms with Crippen LogP contribution in [0.2, 0.25) is 0 Å². The summed E-state index contributed by atoms with van der Waals surface area (Å²) in [7, 11) is 1.62. The fourth-order valence-electron chi connectivity index (χ4n) is 4.41. The van der Waals surface area contributed by atoms with Gasteiger partial charge in [-0.25, -0.2) is 0 Å². The third kappa shape index (κ3) is 6.47.